The summed E-state index contributed by atoms with van der Waals surface area (Å²) in [7, 11) is 0. The predicted molar refractivity (Wildman–Crippen MR) is 64.9 cm³/mol. The molecule has 0 aromatic carbocycles. The molecule has 0 radical (unpaired) electrons. The lowest BCUT2D eigenvalue weighted by Gasteiger charge is -2.52. The highest BCUT2D eigenvalue weighted by Gasteiger charge is 2.54. The first-order valence-corrected chi connectivity index (χ1v) is 6.50. The number of hydrogen-bond acceptors (Lipinski definition) is 5. The van der Waals surface area contributed by atoms with E-state index in [-0.39, 0.29) is 24.5 Å². The van der Waals surface area contributed by atoms with Gasteiger partial charge in [-0.15, -0.1) is 0 Å². The van der Waals surface area contributed by atoms with E-state index in [1.807, 2.05) is 13.8 Å². The van der Waals surface area contributed by atoms with Crippen molar-refractivity contribution in [2.45, 2.75) is 26.7 Å². The van der Waals surface area contributed by atoms with E-state index in [9.17, 15) is 19.5 Å². The Hall–Kier alpha value is -1.43. The smallest absolute Gasteiger partial charge is 0.223 e. The zero-order valence-electron chi connectivity index (χ0n) is 11.3. The first-order chi connectivity index (χ1) is 8.77. The van der Waals surface area contributed by atoms with Gasteiger partial charge in [0.2, 0.25) is 5.91 Å². The molecule has 0 saturated carbocycles. The van der Waals surface area contributed by atoms with E-state index < -0.39 is 16.8 Å². The highest BCUT2D eigenvalue weighted by Crippen LogP contribution is 2.39. The summed E-state index contributed by atoms with van der Waals surface area (Å²) in [4.78, 5) is 36.5. The maximum Gasteiger partial charge on any atom is 0.223 e. The first kappa shape index (κ1) is 14.0. The van der Waals surface area contributed by atoms with Crippen LogP contribution in [0.5, 0.6) is 0 Å². The number of rotatable bonds is 3. The third-order valence-electron chi connectivity index (χ3n) is 4.10. The Labute approximate surface area is 112 Å². The number of fused-ring (bicyclic) bond motifs is 2. The van der Waals surface area contributed by atoms with Crippen LogP contribution in [0.2, 0.25) is 0 Å². The highest BCUT2D eigenvalue weighted by molar-refractivity contribution is 5.94. The van der Waals surface area contributed by atoms with Crippen LogP contribution in [0.3, 0.4) is 0 Å². The molecule has 19 heavy (non-hydrogen) atoms. The van der Waals surface area contributed by atoms with Gasteiger partial charge >= 0.3 is 0 Å². The molecule has 0 aromatic rings. The van der Waals surface area contributed by atoms with E-state index >= 15 is 0 Å². The molecule has 2 bridgehead atoms. The second-order valence-electron chi connectivity index (χ2n) is 6.18. The third kappa shape index (κ3) is 2.49. The van der Waals surface area contributed by atoms with Crippen LogP contribution in [0.15, 0.2) is 0 Å². The first-order valence-electron chi connectivity index (χ1n) is 6.50. The van der Waals surface area contributed by atoms with Crippen molar-refractivity contribution in [3.8, 4) is 0 Å². The van der Waals surface area contributed by atoms with Crippen molar-refractivity contribution in [2.24, 2.45) is 10.8 Å². The van der Waals surface area contributed by atoms with Crippen LogP contribution in [0.4, 0.5) is 0 Å². The molecule has 1 amide bonds. The summed E-state index contributed by atoms with van der Waals surface area (Å²) in [6, 6.07) is 0. The standard InChI is InChI=1S/C13H20N2O4/c1-12-5-14-6-13(2,11(12)19)8-15(7-12)9(16)3-4-10(17)18/h14H,3-8H2,1-2H3,(H,17,18)/p-1. The van der Waals surface area contributed by atoms with Gasteiger partial charge in [0.05, 0.1) is 10.8 Å². The van der Waals surface area contributed by atoms with E-state index in [4.69, 9.17) is 0 Å². The Morgan fingerprint density at radius 1 is 1.21 bits per heavy atom. The van der Waals surface area contributed by atoms with Gasteiger partial charge in [-0.2, -0.15) is 0 Å². The maximum atomic E-state index is 12.4. The largest absolute Gasteiger partial charge is 0.550 e. The van der Waals surface area contributed by atoms with E-state index in [0.29, 0.717) is 26.2 Å². The number of aliphatic carboxylic acids is 1. The van der Waals surface area contributed by atoms with E-state index in [1.165, 1.54) is 0 Å². The lowest BCUT2D eigenvalue weighted by atomic mass is 9.65. The number of likely N-dealkylation sites (tertiary alicyclic amines) is 1. The van der Waals surface area contributed by atoms with Crippen LogP contribution < -0.4 is 10.4 Å². The summed E-state index contributed by atoms with van der Waals surface area (Å²) in [5.41, 5.74) is -1.13. The number of amides is 1. The van der Waals surface area contributed by atoms with Gasteiger partial charge in [-0.3, -0.25) is 9.59 Å². The Bertz CT molecular complexity index is 414. The Morgan fingerprint density at radius 2 is 1.74 bits per heavy atom. The molecule has 106 valence electrons. The summed E-state index contributed by atoms with van der Waals surface area (Å²) in [6.07, 6.45) is -0.328. The van der Waals surface area contributed by atoms with Crippen molar-refractivity contribution in [1.82, 2.24) is 10.2 Å². The average molecular weight is 267 g/mol. The van der Waals surface area contributed by atoms with Gasteiger partial charge in [-0.05, 0) is 20.3 Å². The minimum Gasteiger partial charge on any atom is -0.550 e. The normalized spacial score (nSPS) is 34.2. The van der Waals surface area contributed by atoms with Gasteiger partial charge in [0.25, 0.3) is 0 Å². The maximum absolute atomic E-state index is 12.4. The Balaban J connectivity index is 2.11. The van der Waals surface area contributed by atoms with E-state index in [0.717, 1.165) is 0 Å². The fourth-order valence-electron chi connectivity index (χ4n) is 3.20. The molecule has 2 aliphatic rings. The lowest BCUT2D eigenvalue weighted by Crippen LogP contribution is -2.68. The van der Waals surface area contributed by atoms with Crippen LogP contribution in [0.1, 0.15) is 26.7 Å². The van der Waals surface area contributed by atoms with Gasteiger partial charge in [-0.25, -0.2) is 0 Å². The highest BCUT2D eigenvalue weighted by atomic mass is 16.4. The average Bonchev–Trinajstić information content (AvgIpc) is 2.30. The van der Waals surface area contributed by atoms with Crippen molar-refractivity contribution in [2.75, 3.05) is 26.2 Å². The van der Waals surface area contributed by atoms with Crippen LogP contribution in [0.25, 0.3) is 0 Å². The zero-order valence-corrected chi connectivity index (χ0v) is 11.3. The summed E-state index contributed by atoms with van der Waals surface area (Å²) in [5.74, 6) is -1.24. The van der Waals surface area contributed by atoms with Crippen LogP contribution in [-0.4, -0.2) is 48.7 Å². The third-order valence-corrected chi connectivity index (χ3v) is 4.10. The van der Waals surface area contributed by atoms with Crippen LogP contribution in [0, 0.1) is 10.8 Å². The number of carboxylic acid groups (broad SMARTS) is 1. The van der Waals surface area contributed by atoms with Gasteiger partial charge in [0.1, 0.15) is 0 Å². The summed E-state index contributed by atoms with van der Waals surface area (Å²) < 4.78 is 0. The molecule has 0 spiro atoms. The fourth-order valence-corrected chi connectivity index (χ4v) is 3.20. The second-order valence-corrected chi connectivity index (χ2v) is 6.18. The topological polar surface area (TPSA) is 89.5 Å². The van der Waals surface area contributed by atoms with Gasteiger partial charge in [0.15, 0.2) is 5.78 Å². The molecule has 2 aliphatic heterocycles. The van der Waals surface area contributed by atoms with Crippen LogP contribution in [-0.2, 0) is 14.4 Å². The van der Waals surface area contributed by atoms with Crippen molar-refractivity contribution in [1.29, 1.82) is 0 Å². The molecule has 2 rings (SSSR count). The molecule has 0 aliphatic carbocycles. The predicted octanol–water partition coefficient (Wildman–Crippen LogP) is -1.46. The van der Waals surface area contributed by atoms with Crippen molar-refractivity contribution >= 4 is 17.7 Å². The van der Waals surface area contributed by atoms with Crippen molar-refractivity contribution in [3.63, 3.8) is 0 Å². The fraction of sp³-hybridized carbons (Fsp3) is 0.769. The van der Waals surface area contributed by atoms with Crippen molar-refractivity contribution in [3.05, 3.63) is 0 Å². The number of piperidine rings is 2. The molecule has 6 nitrogen and oxygen atoms in total. The SMILES string of the molecule is CC12CNCC(C)(CN(C(=O)CCC(=O)[O-])C1)C2=O. The van der Waals surface area contributed by atoms with Gasteiger partial charge < -0.3 is 20.1 Å². The minimum atomic E-state index is -1.22. The molecular formula is C13H19N2O4-. The number of hydrogen-bond donors (Lipinski definition) is 1. The van der Waals surface area contributed by atoms with Gasteiger partial charge in [0, 0.05) is 38.6 Å². The number of nitrogens with one attached hydrogen (secondary N) is 1. The number of carbonyl (C=O) groups is 3. The summed E-state index contributed by atoms with van der Waals surface area (Å²) in [6.45, 7) is 5.56. The number of carbonyl (C=O) groups excluding carboxylic acids is 3. The summed E-state index contributed by atoms with van der Waals surface area (Å²) >= 11 is 0. The Kier molecular flexibility index (Phi) is 3.38. The molecule has 2 atom stereocenters. The minimum absolute atomic E-state index is 0.0594. The number of ketones is 1. The summed E-state index contributed by atoms with van der Waals surface area (Å²) in [5, 5.41) is 13.7. The molecule has 1 N–H and O–H groups in total. The second kappa shape index (κ2) is 4.59. The number of carboxylic acids is 1. The number of Topliss-reactive ketones (excluding diaryl/α,β-unsaturated/α-hetero) is 1. The van der Waals surface area contributed by atoms with Gasteiger partial charge in [-0.1, -0.05) is 0 Å². The monoisotopic (exact) mass is 267 g/mol. The van der Waals surface area contributed by atoms with Crippen molar-refractivity contribution < 1.29 is 19.5 Å². The molecule has 2 unspecified atom stereocenters. The molecule has 2 heterocycles. The molecule has 0 aromatic heterocycles. The molecule has 6 heteroatoms. The lowest BCUT2D eigenvalue weighted by molar-refractivity contribution is -0.305. The zero-order chi connectivity index (χ0) is 14.3. The molecule has 2 fully saturated rings. The number of nitrogens with zero attached hydrogens (tertiary/aromatic N) is 1. The molecular weight excluding hydrogens is 248 g/mol. The Morgan fingerprint density at radius 3 is 2.21 bits per heavy atom. The van der Waals surface area contributed by atoms with Crippen LogP contribution >= 0.6 is 0 Å². The molecule has 2 saturated heterocycles. The quantitative estimate of drug-likeness (QED) is 0.675. The van der Waals surface area contributed by atoms with E-state index in [1.54, 1.807) is 4.90 Å². The van der Waals surface area contributed by atoms with E-state index in [2.05, 4.69) is 5.32 Å².